The zero-order valence-electron chi connectivity index (χ0n) is 22.3. The van der Waals surface area contributed by atoms with Crippen LogP contribution in [0.3, 0.4) is 0 Å². The van der Waals surface area contributed by atoms with Crippen LogP contribution in [0, 0.1) is 11.8 Å². The van der Waals surface area contributed by atoms with Crippen molar-refractivity contribution in [3.05, 3.63) is 0 Å². The van der Waals surface area contributed by atoms with E-state index in [4.69, 9.17) is 13.6 Å². The molecule has 1 rings (SSSR count). The SMILES string of the molecule is COC(=O)[C@@]1([C@@H](O[Si](C)(C)C(C)C)C(C)C)NC(=O)[C@H](CCO)[C@]1(C)O[Si](C)(C)C(C)C. The van der Waals surface area contributed by atoms with Gasteiger partial charge < -0.3 is 24.0 Å². The minimum atomic E-state index is -2.35. The molecule has 0 aromatic heterocycles. The zero-order valence-corrected chi connectivity index (χ0v) is 24.3. The molecule has 1 fully saturated rings. The van der Waals surface area contributed by atoms with Crippen molar-refractivity contribution < 1.29 is 28.3 Å². The van der Waals surface area contributed by atoms with E-state index in [-0.39, 0.29) is 30.4 Å². The van der Waals surface area contributed by atoms with Gasteiger partial charge in [-0.3, -0.25) is 4.79 Å². The van der Waals surface area contributed by atoms with Crippen LogP contribution in [0.15, 0.2) is 0 Å². The number of ether oxygens (including phenoxy) is 1. The molecule has 1 aliphatic heterocycles. The first kappa shape index (κ1) is 29.3. The number of methoxy groups -OCH3 is 1. The molecule has 188 valence electrons. The lowest BCUT2D eigenvalue weighted by molar-refractivity contribution is -0.170. The Morgan fingerprint density at radius 2 is 1.56 bits per heavy atom. The van der Waals surface area contributed by atoms with Crippen molar-refractivity contribution in [2.24, 2.45) is 11.8 Å². The Balaban J connectivity index is 3.89. The fourth-order valence-electron chi connectivity index (χ4n) is 4.35. The van der Waals surface area contributed by atoms with Crippen LogP contribution in [0.1, 0.15) is 54.9 Å². The number of nitrogens with one attached hydrogen (secondary N) is 1. The van der Waals surface area contributed by atoms with Gasteiger partial charge in [0, 0.05) is 6.61 Å². The highest BCUT2D eigenvalue weighted by atomic mass is 28.4. The van der Waals surface area contributed by atoms with E-state index in [0.717, 1.165) is 0 Å². The largest absolute Gasteiger partial charge is 0.467 e. The number of esters is 1. The van der Waals surface area contributed by atoms with Crippen molar-refractivity contribution >= 4 is 28.5 Å². The predicted octanol–water partition coefficient (Wildman–Crippen LogP) is 4.07. The lowest BCUT2D eigenvalue weighted by Gasteiger charge is -2.52. The van der Waals surface area contributed by atoms with Gasteiger partial charge in [0.2, 0.25) is 5.91 Å². The second-order valence-electron chi connectivity index (χ2n) is 11.4. The molecule has 0 aromatic carbocycles. The quantitative estimate of drug-likeness (QED) is 0.336. The molecule has 32 heavy (non-hydrogen) atoms. The molecule has 2 N–H and O–H groups in total. The van der Waals surface area contributed by atoms with E-state index in [1.807, 2.05) is 20.8 Å². The molecule has 1 heterocycles. The first-order valence-electron chi connectivity index (χ1n) is 11.8. The van der Waals surface area contributed by atoms with Gasteiger partial charge in [-0.1, -0.05) is 41.5 Å². The second kappa shape index (κ2) is 10.3. The average Bonchev–Trinajstić information content (AvgIpc) is 2.86. The molecule has 0 spiro atoms. The molecule has 0 unspecified atom stereocenters. The summed E-state index contributed by atoms with van der Waals surface area (Å²) in [6.07, 6.45) is -0.451. The molecule has 0 saturated carbocycles. The van der Waals surface area contributed by atoms with Crippen molar-refractivity contribution in [2.75, 3.05) is 13.7 Å². The van der Waals surface area contributed by atoms with Gasteiger partial charge in [0.1, 0.15) is 5.60 Å². The van der Waals surface area contributed by atoms with Crippen LogP contribution in [0.4, 0.5) is 0 Å². The minimum absolute atomic E-state index is 0.0976. The molecule has 7 nitrogen and oxygen atoms in total. The number of aliphatic hydroxyl groups excluding tert-OH is 1. The highest BCUT2D eigenvalue weighted by molar-refractivity contribution is 6.73. The summed E-state index contributed by atoms with van der Waals surface area (Å²) in [5, 5.41) is 12.8. The Hall–Kier alpha value is -0.746. The monoisotopic (exact) mass is 489 g/mol. The van der Waals surface area contributed by atoms with E-state index in [1.54, 1.807) is 0 Å². The Kier molecular flexibility index (Phi) is 9.38. The van der Waals surface area contributed by atoms with Gasteiger partial charge in [-0.2, -0.15) is 0 Å². The van der Waals surface area contributed by atoms with Crippen LogP contribution in [0.25, 0.3) is 0 Å². The van der Waals surface area contributed by atoms with E-state index in [1.165, 1.54) is 7.11 Å². The first-order chi connectivity index (χ1) is 14.4. The molecule has 1 amide bonds. The molecule has 1 aliphatic rings. The van der Waals surface area contributed by atoms with Gasteiger partial charge in [-0.15, -0.1) is 0 Å². The molecule has 0 radical (unpaired) electrons. The number of carbonyl (C=O) groups is 2. The third kappa shape index (κ3) is 5.16. The first-order valence-corrected chi connectivity index (χ1v) is 17.8. The van der Waals surface area contributed by atoms with E-state index in [9.17, 15) is 14.7 Å². The Labute approximate surface area is 197 Å². The molecular formula is C23H47NO6Si2. The van der Waals surface area contributed by atoms with Gasteiger partial charge in [0.25, 0.3) is 0 Å². The topological polar surface area (TPSA) is 94.1 Å². The number of hydrogen-bond acceptors (Lipinski definition) is 6. The van der Waals surface area contributed by atoms with Crippen LogP contribution in [0.5, 0.6) is 0 Å². The van der Waals surface area contributed by atoms with Gasteiger partial charge in [0.05, 0.1) is 19.1 Å². The highest BCUT2D eigenvalue weighted by Crippen LogP contribution is 2.49. The maximum Gasteiger partial charge on any atom is 0.337 e. The lowest BCUT2D eigenvalue weighted by Crippen LogP contribution is -2.74. The second-order valence-corrected chi connectivity index (χ2v) is 20.5. The molecule has 0 aliphatic carbocycles. The average molecular weight is 490 g/mol. The van der Waals surface area contributed by atoms with Crippen LogP contribution in [-0.2, 0) is 23.2 Å². The van der Waals surface area contributed by atoms with E-state index < -0.39 is 45.8 Å². The number of hydrogen-bond donors (Lipinski definition) is 2. The summed E-state index contributed by atoms with van der Waals surface area (Å²) in [5.41, 5.74) is -2.21. The van der Waals surface area contributed by atoms with Gasteiger partial charge in [-0.05, 0) is 56.5 Å². The lowest BCUT2D eigenvalue weighted by atomic mass is 9.70. The normalized spacial score (nSPS) is 27.9. The molecule has 1 saturated heterocycles. The van der Waals surface area contributed by atoms with Crippen LogP contribution >= 0.6 is 0 Å². The molecular weight excluding hydrogens is 442 g/mol. The maximum absolute atomic E-state index is 13.7. The summed E-state index contributed by atoms with van der Waals surface area (Å²) in [7, 11) is -3.25. The van der Waals surface area contributed by atoms with Crippen molar-refractivity contribution in [3.8, 4) is 0 Å². The van der Waals surface area contributed by atoms with Crippen molar-refractivity contribution in [1.29, 1.82) is 0 Å². The Bertz CT molecular complexity index is 681. The summed E-state index contributed by atoms with van der Waals surface area (Å²) in [4.78, 5) is 27.0. The van der Waals surface area contributed by atoms with Crippen LogP contribution < -0.4 is 5.32 Å². The van der Waals surface area contributed by atoms with Crippen molar-refractivity contribution in [2.45, 2.75) is 109 Å². The van der Waals surface area contributed by atoms with Crippen molar-refractivity contribution in [1.82, 2.24) is 5.32 Å². The van der Waals surface area contributed by atoms with Gasteiger partial charge >= 0.3 is 5.97 Å². The summed E-state index contributed by atoms with van der Waals surface area (Å²) < 4.78 is 19.1. The highest BCUT2D eigenvalue weighted by Gasteiger charge is 2.72. The maximum atomic E-state index is 13.7. The van der Waals surface area contributed by atoms with Crippen LogP contribution in [0.2, 0.25) is 37.3 Å². The molecule has 9 heteroatoms. The fourth-order valence-corrected chi connectivity index (χ4v) is 7.36. The zero-order chi connectivity index (χ0) is 25.3. The Morgan fingerprint density at radius 1 is 1.06 bits per heavy atom. The molecule has 0 bridgehead atoms. The number of rotatable bonds is 11. The van der Waals surface area contributed by atoms with Gasteiger partial charge in [0.15, 0.2) is 22.2 Å². The smallest absolute Gasteiger partial charge is 0.337 e. The Morgan fingerprint density at radius 3 is 1.94 bits per heavy atom. The summed E-state index contributed by atoms with van der Waals surface area (Å²) >= 11 is 0. The minimum Gasteiger partial charge on any atom is -0.467 e. The number of amides is 1. The van der Waals surface area contributed by atoms with Crippen LogP contribution in [-0.4, -0.2) is 64.6 Å². The summed E-state index contributed by atoms with van der Waals surface area (Å²) in [6, 6.07) is 0. The third-order valence-corrected chi connectivity index (χ3v) is 15.1. The summed E-state index contributed by atoms with van der Waals surface area (Å²) in [5.74, 6) is -1.67. The molecule has 0 aromatic rings. The standard InChI is InChI=1S/C23H47NO6Si2/c1-15(2)19(29-31(9,10)16(3)4)23(21(27)28-8)22(7,30-32(11,12)17(5)6)18(13-14-25)20(26)24-23/h15-19,25H,13-14H2,1-12H3,(H,24,26)/t18-,19-,22-,23+/m0/s1. The summed E-state index contributed by atoms with van der Waals surface area (Å²) in [6.45, 7) is 22.6. The van der Waals surface area contributed by atoms with E-state index in [0.29, 0.717) is 5.54 Å². The van der Waals surface area contributed by atoms with E-state index >= 15 is 0 Å². The number of aliphatic hydroxyl groups is 1. The fraction of sp³-hybridized carbons (Fsp3) is 0.913. The van der Waals surface area contributed by atoms with Gasteiger partial charge in [-0.25, -0.2) is 4.79 Å². The van der Waals surface area contributed by atoms with E-state index in [2.05, 4.69) is 59.2 Å². The third-order valence-electron chi connectivity index (χ3n) is 7.73. The predicted molar refractivity (Wildman–Crippen MR) is 132 cm³/mol. The molecule has 4 atom stereocenters. The van der Waals surface area contributed by atoms with Crippen molar-refractivity contribution in [3.63, 3.8) is 0 Å². The number of carbonyl (C=O) groups excluding carboxylic acids is 2.